The van der Waals surface area contributed by atoms with E-state index in [2.05, 4.69) is 54.8 Å². The number of rotatable bonds is 4. The lowest BCUT2D eigenvalue weighted by Gasteiger charge is -2.37. The van der Waals surface area contributed by atoms with Crippen molar-refractivity contribution < 1.29 is 0 Å². The van der Waals surface area contributed by atoms with Crippen molar-refractivity contribution in [2.75, 3.05) is 25.4 Å². The van der Waals surface area contributed by atoms with Gasteiger partial charge in [-0.2, -0.15) is 11.8 Å². The average Bonchev–Trinajstić information content (AvgIpc) is 2.35. The van der Waals surface area contributed by atoms with Crippen molar-refractivity contribution in [2.45, 2.75) is 31.6 Å². The van der Waals surface area contributed by atoms with Crippen LogP contribution in [0.3, 0.4) is 0 Å². The minimum Gasteiger partial charge on any atom is -0.326 e. The molecule has 1 saturated heterocycles. The van der Waals surface area contributed by atoms with Gasteiger partial charge < -0.3 is 10.6 Å². The van der Waals surface area contributed by atoms with Gasteiger partial charge in [-0.05, 0) is 31.4 Å². The highest BCUT2D eigenvalue weighted by Gasteiger charge is 2.26. The van der Waals surface area contributed by atoms with Gasteiger partial charge in [-0.3, -0.25) is 0 Å². The topological polar surface area (TPSA) is 29.3 Å². The second-order valence-electron chi connectivity index (χ2n) is 5.61. The molecule has 1 aliphatic heterocycles. The van der Waals surface area contributed by atoms with Gasteiger partial charge in [0.2, 0.25) is 0 Å². The van der Waals surface area contributed by atoms with Crippen molar-refractivity contribution >= 4 is 11.8 Å². The van der Waals surface area contributed by atoms with E-state index in [4.69, 9.17) is 5.73 Å². The molecule has 1 heterocycles. The maximum atomic E-state index is 5.79. The van der Waals surface area contributed by atoms with Crippen LogP contribution < -0.4 is 5.73 Å². The smallest absolute Gasteiger partial charge is 0.0231 e. The summed E-state index contributed by atoms with van der Waals surface area (Å²) in [5.41, 5.74) is 8.49. The number of hydrogen-bond acceptors (Lipinski definition) is 3. The lowest BCUT2D eigenvalue weighted by Crippen LogP contribution is -2.43. The van der Waals surface area contributed by atoms with Crippen LogP contribution >= 0.6 is 11.8 Å². The van der Waals surface area contributed by atoms with E-state index in [1.165, 1.54) is 30.0 Å². The standard InChI is InChI=1S/C15H24N2S/c1-15(2)12-17(9-10-18-15)8-7-13-5-3-4-6-14(13)11-16/h3-6H,7-12,16H2,1-2H3. The van der Waals surface area contributed by atoms with Crippen LogP contribution in [0, 0.1) is 0 Å². The van der Waals surface area contributed by atoms with Gasteiger partial charge in [0.05, 0.1) is 0 Å². The van der Waals surface area contributed by atoms with Crippen molar-refractivity contribution in [3.8, 4) is 0 Å². The summed E-state index contributed by atoms with van der Waals surface area (Å²) >= 11 is 2.09. The summed E-state index contributed by atoms with van der Waals surface area (Å²) in [7, 11) is 0. The molecular weight excluding hydrogens is 240 g/mol. The molecule has 2 nitrogen and oxygen atoms in total. The lowest BCUT2D eigenvalue weighted by atomic mass is 10.0. The van der Waals surface area contributed by atoms with Crippen LogP contribution in [0.25, 0.3) is 0 Å². The monoisotopic (exact) mass is 264 g/mol. The van der Waals surface area contributed by atoms with Gasteiger partial charge in [0, 0.05) is 36.7 Å². The summed E-state index contributed by atoms with van der Waals surface area (Å²) in [4.78, 5) is 2.59. The molecule has 1 aromatic rings. The first-order chi connectivity index (χ1) is 8.61. The largest absolute Gasteiger partial charge is 0.326 e. The number of hydrogen-bond donors (Lipinski definition) is 1. The molecular formula is C15H24N2S. The second kappa shape index (κ2) is 6.09. The van der Waals surface area contributed by atoms with E-state index < -0.39 is 0 Å². The molecule has 1 fully saturated rings. The van der Waals surface area contributed by atoms with E-state index in [-0.39, 0.29) is 0 Å². The first kappa shape index (κ1) is 13.9. The zero-order valence-corrected chi connectivity index (χ0v) is 12.3. The van der Waals surface area contributed by atoms with E-state index in [9.17, 15) is 0 Å². The third-order valence-electron chi connectivity index (χ3n) is 3.54. The van der Waals surface area contributed by atoms with Crippen molar-refractivity contribution in [1.82, 2.24) is 4.90 Å². The summed E-state index contributed by atoms with van der Waals surface area (Å²) in [5, 5.41) is 0. The number of nitrogens with two attached hydrogens (primary N) is 1. The fourth-order valence-corrected chi connectivity index (χ4v) is 3.76. The predicted octanol–water partition coefficient (Wildman–Crippen LogP) is 2.52. The van der Waals surface area contributed by atoms with E-state index in [1.807, 2.05) is 0 Å². The van der Waals surface area contributed by atoms with Gasteiger partial charge in [-0.1, -0.05) is 24.3 Å². The third kappa shape index (κ3) is 3.74. The molecule has 100 valence electrons. The molecule has 1 aliphatic rings. The lowest BCUT2D eigenvalue weighted by molar-refractivity contribution is 0.263. The molecule has 0 aromatic heterocycles. The summed E-state index contributed by atoms with van der Waals surface area (Å²) < 4.78 is 0.408. The Morgan fingerprint density at radius 2 is 2.00 bits per heavy atom. The summed E-state index contributed by atoms with van der Waals surface area (Å²) in [6.45, 7) is 8.91. The van der Waals surface area contributed by atoms with E-state index in [0.29, 0.717) is 11.3 Å². The SMILES string of the molecule is CC1(C)CN(CCc2ccccc2CN)CCS1. The van der Waals surface area contributed by atoms with E-state index >= 15 is 0 Å². The van der Waals surface area contributed by atoms with Crippen LogP contribution in [-0.2, 0) is 13.0 Å². The number of thioether (sulfide) groups is 1. The van der Waals surface area contributed by atoms with Crippen LogP contribution in [0.5, 0.6) is 0 Å². The van der Waals surface area contributed by atoms with Gasteiger partial charge in [-0.15, -0.1) is 0 Å². The van der Waals surface area contributed by atoms with E-state index in [1.54, 1.807) is 0 Å². The van der Waals surface area contributed by atoms with Crippen molar-refractivity contribution in [3.05, 3.63) is 35.4 Å². The Bertz CT molecular complexity index is 390. The maximum Gasteiger partial charge on any atom is 0.0231 e. The molecule has 0 saturated carbocycles. The first-order valence-corrected chi connectivity index (χ1v) is 7.72. The molecule has 0 radical (unpaired) electrons. The zero-order valence-electron chi connectivity index (χ0n) is 11.5. The molecule has 2 N–H and O–H groups in total. The Morgan fingerprint density at radius 3 is 2.67 bits per heavy atom. The molecule has 1 aromatic carbocycles. The number of nitrogens with zero attached hydrogens (tertiary/aromatic N) is 1. The first-order valence-electron chi connectivity index (χ1n) is 6.74. The molecule has 2 rings (SSSR count). The fraction of sp³-hybridized carbons (Fsp3) is 0.600. The Kier molecular flexibility index (Phi) is 4.71. The minimum absolute atomic E-state index is 0.408. The summed E-state index contributed by atoms with van der Waals surface area (Å²) in [6, 6.07) is 8.55. The normalized spacial score (nSPS) is 19.9. The Balaban J connectivity index is 1.91. The molecule has 3 heteroatoms. The van der Waals surface area contributed by atoms with Gasteiger partial charge in [-0.25, -0.2) is 0 Å². The van der Waals surface area contributed by atoms with Crippen molar-refractivity contribution in [2.24, 2.45) is 5.73 Å². The molecule has 0 amide bonds. The highest BCUT2D eigenvalue weighted by Crippen LogP contribution is 2.29. The molecule has 0 atom stereocenters. The summed E-state index contributed by atoms with van der Waals surface area (Å²) in [5.74, 6) is 1.26. The Hall–Kier alpha value is -0.510. The van der Waals surface area contributed by atoms with Crippen LogP contribution in [-0.4, -0.2) is 35.0 Å². The average molecular weight is 264 g/mol. The highest BCUT2D eigenvalue weighted by atomic mass is 32.2. The van der Waals surface area contributed by atoms with Crippen molar-refractivity contribution in [3.63, 3.8) is 0 Å². The Morgan fingerprint density at radius 1 is 1.28 bits per heavy atom. The van der Waals surface area contributed by atoms with E-state index in [0.717, 1.165) is 13.0 Å². The predicted molar refractivity (Wildman–Crippen MR) is 81.0 cm³/mol. The molecule has 18 heavy (non-hydrogen) atoms. The van der Waals surface area contributed by atoms with Crippen LogP contribution in [0.4, 0.5) is 0 Å². The molecule has 0 unspecified atom stereocenters. The molecule has 0 aliphatic carbocycles. The van der Waals surface area contributed by atoms with Crippen molar-refractivity contribution in [1.29, 1.82) is 0 Å². The van der Waals surface area contributed by atoms with Gasteiger partial charge in [0.15, 0.2) is 0 Å². The fourth-order valence-electron chi connectivity index (χ4n) is 2.58. The zero-order chi connectivity index (χ0) is 13.0. The second-order valence-corrected chi connectivity index (χ2v) is 7.41. The highest BCUT2D eigenvalue weighted by molar-refractivity contribution is 8.00. The van der Waals surface area contributed by atoms with Gasteiger partial charge >= 0.3 is 0 Å². The third-order valence-corrected chi connectivity index (χ3v) is 4.84. The van der Waals surface area contributed by atoms with Gasteiger partial charge in [0.1, 0.15) is 0 Å². The van der Waals surface area contributed by atoms with Crippen LogP contribution in [0.15, 0.2) is 24.3 Å². The quantitative estimate of drug-likeness (QED) is 0.906. The number of benzene rings is 1. The molecule has 0 bridgehead atoms. The molecule has 0 spiro atoms. The van der Waals surface area contributed by atoms with Gasteiger partial charge in [0.25, 0.3) is 0 Å². The summed E-state index contributed by atoms with van der Waals surface area (Å²) in [6.07, 6.45) is 1.12. The maximum absolute atomic E-state index is 5.79. The minimum atomic E-state index is 0.408. The van der Waals surface area contributed by atoms with Crippen LogP contribution in [0.2, 0.25) is 0 Å². The Labute approximate surface area is 115 Å². The van der Waals surface area contributed by atoms with Crippen LogP contribution in [0.1, 0.15) is 25.0 Å².